The van der Waals surface area contributed by atoms with E-state index < -0.39 is 0 Å². The molecule has 7 nitrogen and oxygen atoms in total. The second-order valence-electron chi connectivity index (χ2n) is 7.86. The maximum absolute atomic E-state index is 12.7. The van der Waals surface area contributed by atoms with Crippen LogP contribution in [-0.2, 0) is 11.2 Å². The lowest BCUT2D eigenvalue weighted by Gasteiger charge is -2.35. The van der Waals surface area contributed by atoms with Crippen LogP contribution < -0.4 is 10.2 Å². The highest BCUT2D eigenvalue weighted by Crippen LogP contribution is 2.20. The first-order valence-corrected chi connectivity index (χ1v) is 10.7. The van der Waals surface area contributed by atoms with Crippen LogP contribution in [0.15, 0.2) is 54.7 Å². The lowest BCUT2D eigenvalue weighted by molar-refractivity contribution is -0.131. The molecule has 0 aliphatic carbocycles. The Morgan fingerprint density at radius 3 is 2.55 bits per heavy atom. The van der Waals surface area contributed by atoms with E-state index >= 15 is 0 Å². The van der Waals surface area contributed by atoms with E-state index in [1.54, 1.807) is 6.20 Å². The van der Waals surface area contributed by atoms with E-state index in [4.69, 9.17) is 0 Å². The Bertz CT molecular complexity index is 1030. The molecule has 1 amide bonds. The van der Waals surface area contributed by atoms with Gasteiger partial charge in [0.1, 0.15) is 23.3 Å². The molecule has 0 bridgehead atoms. The number of carbonyl (C=O) groups excluding carboxylic acids is 1. The minimum Gasteiger partial charge on any atom is -0.353 e. The van der Waals surface area contributed by atoms with Crippen molar-refractivity contribution in [2.24, 2.45) is 0 Å². The van der Waals surface area contributed by atoms with Crippen molar-refractivity contribution < 1.29 is 4.79 Å². The first-order valence-electron chi connectivity index (χ1n) is 10.7. The average Bonchev–Trinajstić information content (AvgIpc) is 2.78. The largest absolute Gasteiger partial charge is 0.353 e. The van der Waals surface area contributed by atoms with Crippen molar-refractivity contribution in [3.63, 3.8) is 0 Å². The van der Waals surface area contributed by atoms with E-state index in [1.807, 2.05) is 36.1 Å². The molecular formula is C24H28N6O. The predicted octanol–water partition coefficient (Wildman–Crippen LogP) is 3.51. The Hall–Kier alpha value is -3.48. The van der Waals surface area contributed by atoms with Gasteiger partial charge in [-0.05, 0) is 38.0 Å². The van der Waals surface area contributed by atoms with Crippen LogP contribution in [0.1, 0.15) is 23.4 Å². The second kappa shape index (κ2) is 9.55. The molecule has 0 spiro atoms. The second-order valence-corrected chi connectivity index (χ2v) is 7.86. The van der Waals surface area contributed by atoms with Gasteiger partial charge in [0, 0.05) is 44.9 Å². The SMILES string of the molecule is Cc1cccc(CCC(=O)N2CCN(c3cc(Nc4ccccn4)nc(C)n3)CC2)c1. The number of carbonyl (C=O) groups is 1. The van der Waals surface area contributed by atoms with Gasteiger partial charge in [-0.15, -0.1) is 0 Å². The van der Waals surface area contributed by atoms with Crippen LogP contribution in [0.5, 0.6) is 0 Å². The van der Waals surface area contributed by atoms with Crippen molar-refractivity contribution >= 4 is 23.4 Å². The summed E-state index contributed by atoms with van der Waals surface area (Å²) in [5.41, 5.74) is 2.45. The maximum atomic E-state index is 12.7. The lowest BCUT2D eigenvalue weighted by atomic mass is 10.1. The van der Waals surface area contributed by atoms with Crippen LogP contribution in [0.4, 0.5) is 17.5 Å². The molecule has 1 aliphatic heterocycles. The summed E-state index contributed by atoms with van der Waals surface area (Å²) in [6.07, 6.45) is 3.08. The van der Waals surface area contributed by atoms with Gasteiger partial charge in [0.25, 0.3) is 0 Å². The molecule has 0 atom stereocenters. The van der Waals surface area contributed by atoms with Crippen LogP contribution in [0.3, 0.4) is 0 Å². The molecule has 1 aromatic carbocycles. The third-order valence-corrected chi connectivity index (χ3v) is 5.41. The molecular weight excluding hydrogens is 388 g/mol. The maximum Gasteiger partial charge on any atom is 0.223 e. The normalized spacial score (nSPS) is 13.9. The van der Waals surface area contributed by atoms with E-state index in [2.05, 4.69) is 56.4 Å². The van der Waals surface area contributed by atoms with Gasteiger partial charge in [0.05, 0.1) is 0 Å². The molecule has 2 aromatic heterocycles. The fourth-order valence-corrected chi connectivity index (χ4v) is 3.81. The van der Waals surface area contributed by atoms with Gasteiger partial charge in [0.15, 0.2) is 0 Å². The number of hydrogen-bond acceptors (Lipinski definition) is 6. The smallest absolute Gasteiger partial charge is 0.223 e. The molecule has 7 heteroatoms. The van der Waals surface area contributed by atoms with Crippen LogP contribution in [0.2, 0.25) is 0 Å². The van der Waals surface area contributed by atoms with Gasteiger partial charge in [0.2, 0.25) is 5.91 Å². The number of aryl methyl sites for hydroxylation is 3. The highest BCUT2D eigenvalue weighted by atomic mass is 16.2. The molecule has 3 aromatic rings. The molecule has 0 saturated carbocycles. The van der Waals surface area contributed by atoms with Crippen molar-refractivity contribution in [1.29, 1.82) is 0 Å². The summed E-state index contributed by atoms with van der Waals surface area (Å²) < 4.78 is 0. The third-order valence-electron chi connectivity index (χ3n) is 5.41. The zero-order valence-corrected chi connectivity index (χ0v) is 18.1. The van der Waals surface area contributed by atoms with E-state index in [0.29, 0.717) is 25.3 Å². The number of piperazine rings is 1. The number of amides is 1. The number of benzene rings is 1. The summed E-state index contributed by atoms with van der Waals surface area (Å²) in [7, 11) is 0. The van der Waals surface area contributed by atoms with E-state index in [9.17, 15) is 4.79 Å². The van der Waals surface area contributed by atoms with Gasteiger partial charge < -0.3 is 15.1 Å². The van der Waals surface area contributed by atoms with Crippen LogP contribution in [-0.4, -0.2) is 51.9 Å². The highest BCUT2D eigenvalue weighted by molar-refractivity contribution is 5.76. The minimum absolute atomic E-state index is 0.220. The van der Waals surface area contributed by atoms with Gasteiger partial charge in [-0.25, -0.2) is 15.0 Å². The molecule has 0 radical (unpaired) electrons. The zero-order valence-electron chi connectivity index (χ0n) is 18.1. The quantitative estimate of drug-likeness (QED) is 0.663. The first-order chi connectivity index (χ1) is 15.1. The molecule has 160 valence electrons. The number of aromatic nitrogens is 3. The molecule has 0 unspecified atom stereocenters. The Balaban J connectivity index is 1.33. The number of rotatable bonds is 6. The Labute approximate surface area is 183 Å². The molecule has 1 saturated heterocycles. The van der Waals surface area contributed by atoms with Crippen molar-refractivity contribution in [2.45, 2.75) is 26.7 Å². The molecule has 1 aliphatic rings. The number of anilines is 3. The molecule has 1 fully saturated rings. The van der Waals surface area contributed by atoms with Gasteiger partial charge in [-0.2, -0.15) is 0 Å². The van der Waals surface area contributed by atoms with Crippen molar-refractivity contribution in [1.82, 2.24) is 19.9 Å². The standard InChI is InChI=1S/C24H28N6O/c1-18-6-5-7-20(16-18)9-10-24(31)30-14-12-29(13-15-30)23-17-22(26-19(2)27-23)28-21-8-3-4-11-25-21/h3-8,11,16-17H,9-10,12-15H2,1-2H3,(H,25,26,27,28). The number of hydrogen-bond donors (Lipinski definition) is 1. The van der Waals surface area contributed by atoms with Crippen molar-refractivity contribution in [2.75, 3.05) is 36.4 Å². The number of pyridine rings is 1. The van der Waals surface area contributed by atoms with Gasteiger partial charge >= 0.3 is 0 Å². The summed E-state index contributed by atoms with van der Waals surface area (Å²) in [4.78, 5) is 30.2. The van der Waals surface area contributed by atoms with Crippen LogP contribution >= 0.6 is 0 Å². The monoisotopic (exact) mass is 416 g/mol. The highest BCUT2D eigenvalue weighted by Gasteiger charge is 2.22. The van der Waals surface area contributed by atoms with Crippen molar-refractivity contribution in [3.05, 3.63) is 71.7 Å². The summed E-state index contributed by atoms with van der Waals surface area (Å²) in [6, 6.07) is 16.0. The molecule has 1 N–H and O–H groups in total. The fourth-order valence-electron chi connectivity index (χ4n) is 3.81. The van der Waals surface area contributed by atoms with Crippen LogP contribution in [0, 0.1) is 13.8 Å². The van der Waals surface area contributed by atoms with E-state index in [1.165, 1.54) is 11.1 Å². The van der Waals surface area contributed by atoms with Gasteiger partial charge in [-0.3, -0.25) is 4.79 Å². The minimum atomic E-state index is 0.220. The Kier molecular flexibility index (Phi) is 6.40. The first kappa shape index (κ1) is 20.8. The molecule has 3 heterocycles. The van der Waals surface area contributed by atoms with Crippen molar-refractivity contribution in [3.8, 4) is 0 Å². The zero-order chi connectivity index (χ0) is 21.6. The van der Waals surface area contributed by atoms with E-state index in [-0.39, 0.29) is 5.91 Å². The topological polar surface area (TPSA) is 74.2 Å². The summed E-state index contributed by atoms with van der Waals surface area (Å²) >= 11 is 0. The fraction of sp³-hybridized carbons (Fsp3) is 0.333. The number of nitrogens with zero attached hydrogens (tertiary/aromatic N) is 5. The lowest BCUT2D eigenvalue weighted by Crippen LogP contribution is -2.49. The Morgan fingerprint density at radius 1 is 0.968 bits per heavy atom. The summed E-state index contributed by atoms with van der Waals surface area (Å²) in [5, 5.41) is 3.23. The molecule has 4 rings (SSSR count). The average molecular weight is 417 g/mol. The van der Waals surface area contributed by atoms with E-state index in [0.717, 1.165) is 37.0 Å². The summed E-state index contributed by atoms with van der Waals surface area (Å²) in [6.45, 7) is 6.90. The molecule has 31 heavy (non-hydrogen) atoms. The third kappa shape index (κ3) is 5.57. The number of nitrogens with one attached hydrogen (secondary N) is 1. The van der Waals surface area contributed by atoms with Gasteiger partial charge in [-0.1, -0.05) is 35.9 Å². The predicted molar refractivity (Wildman–Crippen MR) is 123 cm³/mol. The summed E-state index contributed by atoms with van der Waals surface area (Å²) in [5.74, 6) is 3.26. The van der Waals surface area contributed by atoms with Crippen LogP contribution in [0.25, 0.3) is 0 Å². The Morgan fingerprint density at radius 2 is 1.81 bits per heavy atom.